The lowest BCUT2D eigenvalue weighted by Crippen LogP contribution is -2.34. The Morgan fingerprint density at radius 2 is 2.08 bits per heavy atom. The van der Waals surface area contributed by atoms with E-state index in [-0.39, 0.29) is 18.6 Å². The van der Waals surface area contributed by atoms with Crippen molar-refractivity contribution in [2.75, 3.05) is 17.4 Å². The Morgan fingerprint density at radius 3 is 2.92 bits per heavy atom. The fourth-order valence-electron chi connectivity index (χ4n) is 2.59. The van der Waals surface area contributed by atoms with Gasteiger partial charge >= 0.3 is 0 Å². The first-order chi connectivity index (χ1) is 12.0. The molecule has 1 atom stereocenters. The maximum Gasteiger partial charge on any atom is 0.265 e. The molecular weight excluding hydrogens is 348 g/mol. The number of ether oxygens (including phenoxy) is 3. The maximum atomic E-state index is 12.5. The predicted molar refractivity (Wildman–Crippen MR) is 90.7 cm³/mol. The van der Waals surface area contributed by atoms with Gasteiger partial charge in [-0.3, -0.25) is 9.59 Å². The highest BCUT2D eigenvalue weighted by Gasteiger charge is 2.24. The third kappa shape index (κ3) is 2.83. The van der Waals surface area contributed by atoms with Crippen molar-refractivity contribution in [1.29, 1.82) is 0 Å². The fraction of sp³-hybridized carbons (Fsp3) is 0.176. The SMILES string of the molecule is CC1Oc2ccc(NC(=O)c3cc(Cl)c4c(c3)OCO4)cc2NC1=O. The van der Waals surface area contributed by atoms with Gasteiger partial charge in [-0.25, -0.2) is 0 Å². The second kappa shape index (κ2) is 5.86. The molecule has 2 aliphatic rings. The number of fused-ring (bicyclic) bond motifs is 2. The van der Waals surface area contributed by atoms with Crippen LogP contribution >= 0.6 is 11.6 Å². The van der Waals surface area contributed by atoms with E-state index in [2.05, 4.69) is 10.6 Å². The quantitative estimate of drug-likeness (QED) is 0.859. The summed E-state index contributed by atoms with van der Waals surface area (Å²) in [5, 5.41) is 5.79. The molecule has 7 nitrogen and oxygen atoms in total. The predicted octanol–water partition coefficient (Wildman–Crippen LogP) is 3.04. The number of carbonyl (C=O) groups is 2. The molecule has 4 rings (SSSR count). The molecule has 0 aliphatic carbocycles. The Bertz CT molecular complexity index is 899. The number of hydrogen-bond donors (Lipinski definition) is 2. The number of anilines is 2. The molecule has 0 spiro atoms. The number of amides is 2. The molecule has 2 amide bonds. The molecule has 0 aromatic heterocycles. The van der Waals surface area contributed by atoms with Gasteiger partial charge in [0.25, 0.3) is 11.8 Å². The zero-order valence-electron chi connectivity index (χ0n) is 13.1. The second-order valence-electron chi connectivity index (χ2n) is 5.61. The molecule has 8 heteroatoms. The lowest BCUT2D eigenvalue weighted by atomic mass is 10.1. The van der Waals surface area contributed by atoms with Crippen LogP contribution in [0.25, 0.3) is 0 Å². The Morgan fingerprint density at radius 1 is 1.24 bits per heavy atom. The normalized spacial score (nSPS) is 17.4. The molecule has 2 N–H and O–H groups in total. The minimum absolute atomic E-state index is 0.0725. The van der Waals surface area contributed by atoms with Crippen molar-refractivity contribution >= 4 is 34.8 Å². The lowest BCUT2D eigenvalue weighted by molar-refractivity contribution is -0.122. The van der Waals surface area contributed by atoms with Crippen LogP contribution in [0.3, 0.4) is 0 Å². The molecule has 2 aromatic carbocycles. The van der Waals surface area contributed by atoms with Crippen LogP contribution in [-0.2, 0) is 4.79 Å². The third-order valence-corrected chi connectivity index (χ3v) is 4.14. The van der Waals surface area contributed by atoms with E-state index >= 15 is 0 Å². The van der Waals surface area contributed by atoms with E-state index in [0.29, 0.717) is 39.2 Å². The first-order valence-corrected chi connectivity index (χ1v) is 7.91. The summed E-state index contributed by atoms with van der Waals surface area (Å²) in [5.41, 5.74) is 1.35. The van der Waals surface area contributed by atoms with E-state index in [0.717, 1.165) is 0 Å². The van der Waals surface area contributed by atoms with Gasteiger partial charge in [-0.1, -0.05) is 11.6 Å². The van der Waals surface area contributed by atoms with Crippen molar-refractivity contribution in [3.63, 3.8) is 0 Å². The number of benzene rings is 2. The summed E-state index contributed by atoms with van der Waals surface area (Å²) >= 11 is 6.10. The molecule has 2 aliphatic heterocycles. The Balaban J connectivity index is 1.57. The Hall–Kier alpha value is -2.93. The molecule has 0 bridgehead atoms. The molecular formula is C17H13ClN2O5. The molecule has 25 heavy (non-hydrogen) atoms. The van der Waals surface area contributed by atoms with Crippen molar-refractivity contribution in [2.24, 2.45) is 0 Å². The molecule has 128 valence electrons. The molecule has 2 aromatic rings. The van der Waals surface area contributed by atoms with Gasteiger partial charge in [-0.05, 0) is 37.3 Å². The first kappa shape index (κ1) is 15.6. The van der Waals surface area contributed by atoms with Gasteiger partial charge in [0.2, 0.25) is 6.79 Å². The van der Waals surface area contributed by atoms with Gasteiger partial charge in [0.15, 0.2) is 17.6 Å². The Labute approximate surface area is 147 Å². The van der Waals surface area contributed by atoms with Gasteiger partial charge in [0.1, 0.15) is 5.75 Å². The number of halogens is 1. The summed E-state index contributed by atoms with van der Waals surface area (Å²) in [4.78, 5) is 24.2. The van der Waals surface area contributed by atoms with Crippen LogP contribution in [0.1, 0.15) is 17.3 Å². The Kier molecular flexibility index (Phi) is 3.65. The van der Waals surface area contributed by atoms with Gasteiger partial charge < -0.3 is 24.8 Å². The zero-order chi connectivity index (χ0) is 17.6. The third-order valence-electron chi connectivity index (χ3n) is 3.86. The van der Waals surface area contributed by atoms with Gasteiger partial charge in [-0.15, -0.1) is 0 Å². The average molecular weight is 361 g/mol. The van der Waals surface area contributed by atoms with Crippen LogP contribution in [0.4, 0.5) is 11.4 Å². The summed E-state index contributed by atoms with van der Waals surface area (Å²) in [6.07, 6.45) is -0.552. The summed E-state index contributed by atoms with van der Waals surface area (Å²) < 4.78 is 16.0. The largest absolute Gasteiger partial charge is 0.479 e. The molecule has 1 unspecified atom stereocenters. The minimum Gasteiger partial charge on any atom is -0.479 e. The molecule has 0 saturated heterocycles. The summed E-state index contributed by atoms with van der Waals surface area (Å²) in [7, 11) is 0. The highest BCUT2D eigenvalue weighted by molar-refractivity contribution is 6.32. The summed E-state index contributed by atoms with van der Waals surface area (Å²) in [6, 6.07) is 8.08. The molecule has 0 fully saturated rings. The van der Waals surface area contributed by atoms with Gasteiger partial charge in [0, 0.05) is 11.3 Å². The first-order valence-electron chi connectivity index (χ1n) is 7.53. The van der Waals surface area contributed by atoms with Crippen LogP contribution in [0.5, 0.6) is 17.2 Å². The van der Waals surface area contributed by atoms with E-state index in [1.54, 1.807) is 31.2 Å². The van der Waals surface area contributed by atoms with Crippen molar-refractivity contribution in [3.05, 3.63) is 40.9 Å². The van der Waals surface area contributed by atoms with Crippen LogP contribution in [0.15, 0.2) is 30.3 Å². The zero-order valence-corrected chi connectivity index (χ0v) is 13.8. The van der Waals surface area contributed by atoms with E-state index in [1.165, 1.54) is 6.07 Å². The number of rotatable bonds is 2. The molecule has 0 radical (unpaired) electrons. The van der Waals surface area contributed by atoms with Crippen molar-refractivity contribution in [2.45, 2.75) is 13.0 Å². The van der Waals surface area contributed by atoms with Crippen LogP contribution < -0.4 is 24.8 Å². The van der Waals surface area contributed by atoms with E-state index in [1.807, 2.05) is 0 Å². The number of hydrogen-bond acceptors (Lipinski definition) is 5. The van der Waals surface area contributed by atoms with Crippen molar-refractivity contribution in [1.82, 2.24) is 0 Å². The van der Waals surface area contributed by atoms with Crippen molar-refractivity contribution in [3.8, 4) is 17.2 Å². The minimum atomic E-state index is -0.552. The lowest BCUT2D eigenvalue weighted by Gasteiger charge is -2.23. The van der Waals surface area contributed by atoms with Gasteiger partial charge in [-0.2, -0.15) is 0 Å². The van der Waals surface area contributed by atoms with Crippen LogP contribution in [-0.4, -0.2) is 24.7 Å². The number of nitrogens with one attached hydrogen (secondary N) is 2. The maximum absolute atomic E-state index is 12.5. The number of carbonyl (C=O) groups excluding carboxylic acids is 2. The topological polar surface area (TPSA) is 85.9 Å². The molecule has 2 heterocycles. The van der Waals surface area contributed by atoms with E-state index < -0.39 is 6.10 Å². The van der Waals surface area contributed by atoms with Crippen LogP contribution in [0.2, 0.25) is 5.02 Å². The second-order valence-corrected chi connectivity index (χ2v) is 6.01. The van der Waals surface area contributed by atoms with Gasteiger partial charge in [0.05, 0.1) is 10.7 Å². The smallest absolute Gasteiger partial charge is 0.265 e. The monoisotopic (exact) mass is 360 g/mol. The standard InChI is InChI=1S/C17H13ClN2O5/c1-8-16(21)20-12-6-10(2-3-13(12)25-8)19-17(22)9-4-11(18)15-14(5-9)23-7-24-15/h2-6,8H,7H2,1H3,(H,19,22)(H,20,21). The van der Waals surface area contributed by atoms with Crippen LogP contribution in [0, 0.1) is 0 Å². The average Bonchev–Trinajstić information content (AvgIpc) is 3.05. The molecule has 0 saturated carbocycles. The fourth-order valence-corrected chi connectivity index (χ4v) is 2.85. The van der Waals surface area contributed by atoms with Crippen molar-refractivity contribution < 1.29 is 23.8 Å². The summed E-state index contributed by atoms with van der Waals surface area (Å²) in [6.45, 7) is 1.74. The summed E-state index contributed by atoms with van der Waals surface area (Å²) in [5.74, 6) is 0.810. The highest BCUT2D eigenvalue weighted by Crippen LogP contribution is 2.40. The van der Waals surface area contributed by atoms with E-state index in [4.69, 9.17) is 25.8 Å². The van der Waals surface area contributed by atoms with E-state index in [9.17, 15) is 9.59 Å². The highest BCUT2D eigenvalue weighted by atomic mass is 35.5.